The van der Waals surface area contributed by atoms with Gasteiger partial charge in [-0.2, -0.15) is 0 Å². The van der Waals surface area contributed by atoms with Crippen molar-refractivity contribution in [3.05, 3.63) is 12.2 Å². The van der Waals surface area contributed by atoms with Crippen molar-refractivity contribution in [2.24, 2.45) is 5.73 Å². The summed E-state index contributed by atoms with van der Waals surface area (Å²) in [6.07, 6.45) is 3.23. The standard InChI is InChI=1S/C9H19N/c1-5-6-8(2)7-9(3,4)10/h2,5-7,10H2,1,3-4H3. The maximum absolute atomic E-state index is 5.81. The molecule has 0 radical (unpaired) electrons. The van der Waals surface area contributed by atoms with Crippen LogP contribution in [0.25, 0.3) is 0 Å². The van der Waals surface area contributed by atoms with Crippen LogP contribution < -0.4 is 5.73 Å². The fourth-order valence-corrected chi connectivity index (χ4v) is 1.09. The lowest BCUT2D eigenvalue weighted by molar-refractivity contribution is 0.506. The third kappa shape index (κ3) is 5.83. The van der Waals surface area contributed by atoms with Crippen LogP contribution in [0.2, 0.25) is 0 Å². The molecule has 0 fully saturated rings. The Morgan fingerprint density at radius 2 is 2.00 bits per heavy atom. The monoisotopic (exact) mass is 141 g/mol. The molecule has 0 saturated carbocycles. The van der Waals surface area contributed by atoms with Gasteiger partial charge in [0.25, 0.3) is 0 Å². The Balaban J connectivity index is 3.58. The summed E-state index contributed by atoms with van der Waals surface area (Å²) < 4.78 is 0. The normalized spacial score (nSPS) is 11.6. The van der Waals surface area contributed by atoms with Gasteiger partial charge in [0.05, 0.1) is 0 Å². The largest absolute Gasteiger partial charge is 0.325 e. The van der Waals surface area contributed by atoms with Crippen molar-refractivity contribution in [1.82, 2.24) is 0 Å². The van der Waals surface area contributed by atoms with Crippen molar-refractivity contribution >= 4 is 0 Å². The SMILES string of the molecule is C=C(CCC)CC(C)(C)N. The highest BCUT2D eigenvalue weighted by atomic mass is 14.7. The molecule has 1 heteroatoms. The van der Waals surface area contributed by atoms with Crippen LogP contribution in [0.5, 0.6) is 0 Å². The Kier molecular flexibility index (Phi) is 3.66. The van der Waals surface area contributed by atoms with Gasteiger partial charge in [-0.3, -0.25) is 0 Å². The first-order valence-electron chi connectivity index (χ1n) is 3.91. The minimum Gasteiger partial charge on any atom is -0.325 e. The molecule has 0 aromatic heterocycles. The summed E-state index contributed by atoms with van der Waals surface area (Å²) in [5.41, 5.74) is 7.00. The Morgan fingerprint density at radius 1 is 1.50 bits per heavy atom. The lowest BCUT2D eigenvalue weighted by atomic mass is 9.95. The van der Waals surface area contributed by atoms with Crippen LogP contribution >= 0.6 is 0 Å². The van der Waals surface area contributed by atoms with Crippen LogP contribution in [0.4, 0.5) is 0 Å². The second-order valence-corrected chi connectivity index (χ2v) is 3.67. The molecule has 0 aromatic carbocycles. The molecule has 0 atom stereocenters. The fourth-order valence-electron chi connectivity index (χ4n) is 1.09. The second-order valence-electron chi connectivity index (χ2n) is 3.67. The smallest absolute Gasteiger partial charge is 0.0134 e. The van der Waals surface area contributed by atoms with Gasteiger partial charge in [0.15, 0.2) is 0 Å². The highest BCUT2D eigenvalue weighted by Gasteiger charge is 2.10. The summed E-state index contributed by atoms with van der Waals surface area (Å²) in [5, 5.41) is 0. The predicted octanol–water partition coefficient (Wildman–Crippen LogP) is 2.47. The summed E-state index contributed by atoms with van der Waals surface area (Å²) in [7, 11) is 0. The van der Waals surface area contributed by atoms with E-state index in [-0.39, 0.29) is 5.54 Å². The van der Waals surface area contributed by atoms with E-state index >= 15 is 0 Å². The van der Waals surface area contributed by atoms with Crippen LogP contribution in [0, 0.1) is 0 Å². The topological polar surface area (TPSA) is 26.0 Å². The van der Waals surface area contributed by atoms with E-state index in [9.17, 15) is 0 Å². The van der Waals surface area contributed by atoms with E-state index in [1.807, 2.05) is 13.8 Å². The lowest BCUT2D eigenvalue weighted by Crippen LogP contribution is -2.32. The molecule has 0 aliphatic carbocycles. The van der Waals surface area contributed by atoms with Gasteiger partial charge in [-0.15, -0.1) is 0 Å². The molecule has 0 aliphatic rings. The maximum atomic E-state index is 5.81. The van der Waals surface area contributed by atoms with Gasteiger partial charge in [0, 0.05) is 5.54 Å². The first kappa shape index (κ1) is 9.70. The summed E-state index contributed by atoms with van der Waals surface area (Å²) in [6, 6.07) is 0. The minimum atomic E-state index is -0.0771. The summed E-state index contributed by atoms with van der Waals surface area (Å²) in [5.74, 6) is 0. The van der Waals surface area contributed by atoms with Gasteiger partial charge < -0.3 is 5.73 Å². The molecule has 0 rings (SSSR count). The van der Waals surface area contributed by atoms with Gasteiger partial charge in [-0.05, 0) is 26.7 Å². The van der Waals surface area contributed by atoms with E-state index in [4.69, 9.17) is 5.73 Å². The first-order valence-corrected chi connectivity index (χ1v) is 3.91. The van der Waals surface area contributed by atoms with Crippen LogP contribution in [-0.4, -0.2) is 5.54 Å². The van der Waals surface area contributed by atoms with Gasteiger partial charge in [0.1, 0.15) is 0 Å². The molecule has 0 saturated heterocycles. The minimum absolute atomic E-state index is 0.0771. The Morgan fingerprint density at radius 3 is 2.30 bits per heavy atom. The highest BCUT2D eigenvalue weighted by molar-refractivity contribution is 4.99. The maximum Gasteiger partial charge on any atom is 0.0134 e. The molecule has 0 unspecified atom stereocenters. The zero-order chi connectivity index (χ0) is 8.20. The number of rotatable bonds is 4. The molecule has 1 nitrogen and oxygen atoms in total. The number of hydrogen-bond donors (Lipinski definition) is 1. The van der Waals surface area contributed by atoms with Gasteiger partial charge >= 0.3 is 0 Å². The summed E-state index contributed by atoms with van der Waals surface area (Å²) in [4.78, 5) is 0. The predicted molar refractivity (Wildman–Crippen MR) is 46.9 cm³/mol. The second kappa shape index (κ2) is 3.77. The molecule has 2 N–H and O–H groups in total. The molecule has 60 valence electrons. The molecule has 0 aromatic rings. The molecule has 0 spiro atoms. The van der Waals surface area contributed by atoms with E-state index in [0.29, 0.717) is 0 Å². The van der Waals surface area contributed by atoms with E-state index in [1.54, 1.807) is 0 Å². The summed E-state index contributed by atoms with van der Waals surface area (Å²) in [6.45, 7) is 10.2. The molecule has 0 aliphatic heterocycles. The first-order chi connectivity index (χ1) is 4.45. The molecular formula is C9H19N. The Hall–Kier alpha value is -0.300. The summed E-state index contributed by atoms with van der Waals surface area (Å²) >= 11 is 0. The van der Waals surface area contributed by atoms with Crippen molar-refractivity contribution in [3.8, 4) is 0 Å². The third-order valence-corrected chi connectivity index (χ3v) is 1.31. The van der Waals surface area contributed by atoms with Gasteiger partial charge in [0.2, 0.25) is 0 Å². The molecule has 0 bridgehead atoms. The molecule has 0 heterocycles. The number of hydrogen-bond acceptors (Lipinski definition) is 1. The van der Waals surface area contributed by atoms with E-state index in [2.05, 4.69) is 13.5 Å². The lowest BCUT2D eigenvalue weighted by Gasteiger charge is -2.19. The average Bonchev–Trinajstić information content (AvgIpc) is 1.59. The Labute approximate surface area is 64.3 Å². The zero-order valence-corrected chi connectivity index (χ0v) is 7.41. The van der Waals surface area contributed by atoms with Gasteiger partial charge in [-0.25, -0.2) is 0 Å². The van der Waals surface area contributed by atoms with Gasteiger partial charge in [-0.1, -0.05) is 25.5 Å². The number of nitrogens with two attached hydrogens (primary N) is 1. The van der Waals surface area contributed by atoms with Crippen molar-refractivity contribution in [1.29, 1.82) is 0 Å². The highest BCUT2D eigenvalue weighted by Crippen LogP contribution is 2.15. The quantitative estimate of drug-likeness (QED) is 0.598. The van der Waals surface area contributed by atoms with Crippen molar-refractivity contribution < 1.29 is 0 Å². The van der Waals surface area contributed by atoms with E-state index < -0.39 is 0 Å². The Bertz CT molecular complexity index is 108. The molecule has 10 heavy (non-hydrogen) atoms. The van der Waals surface area contributed by atoms with Crippen molar-refractivity contribution in [2.45, 2.75) is 45.6 Å². The third-order valence-electron chi connectivity index (χ3n) is 1.31. The zero-order valence-electron chi connectivity index (χ0n) is 7.41. The van der Waals surface area contributed by atoms with Crippen molar-refractivity contribution in [2.75, 3.05) is 0 Å². The molecule has 0 amide bonds. The van der Waals surface area contributed by atoms with Crippen LogP contribution in [0.15, 0.2) is 12.2 Å². The molecular weight excluding hydrogens is 122 g/mol. The van der Waals surface area contributed by atoms with Crippen LogP contribution in [0.1, 0.15) is 40.0 Å². The van der Waals surface area contributed by atoms with Crippen LogP contribution in [-0.2, 0) is 0 Å². The van der Waals surface area contributed by atoms with Crippen molar-refractivity contribution in [3.63, 3.8) is 0 Å². The fraction of sp³-hybridized carbons (Fsp3) is 0.778. The van der Waals surface area contributed by atoms with E-state index in [1.165, 1.54) is 12.0 Å². The van der Waals surface area contributed by atoms with Crippen LogP contribution in [0.3, 0.4) is 0 Å². The van der Waals surface area contributed by atoms with E-state index in [0.717, 1.165) is 12.8 Å². The average molecular weight is 141 g/mol.